The van der Waals surface area contributed by atoms with Gasteiger partial charge in [-0.05, 0) is 32.7 Å². The normalized spacial score (nSPS) is 33.7. The quantitative estimate of drug-likeness (QED) is 0.706. The van der Waals surface area contributed by atoms with Crippen LogP contribution in [0.4, 0.5) is 0 Å². The lowest BCUT2D eigenvalue weighted by Gasteiger charge is -2.44. The third-order valence-electron chi connectivity index (χ3n) is 3.54. The standard InChI is InChI=1S/C13H25NO/c1-5-12(14-4)13(15-6-2)9-7-8-11(3)10-13/h5,11-12,14H,1,6-10H2,2-4H3. The second-order valence-corrected chi connectivity index (χ2v) is 4.70. The maximum absolute atomic E-state index is 6.05. The molecule has 1 fully saturated rings. The minimum atomic E-state index is -0.0110. The van der Waals surface area contributed by atoms with Gasteiger partial charge in [0.05, 0.1) is 11.6 Å². The van der Waals surface area contributed by atoms with Crippen molar-refractivity contribution in [2.45, 2.75) is 51.2 Å². The molecule has 0 aliphatic heterocycles. The van der Waals surface area contributed by atoms with Crippen molar-refractivity contribution < 1.29 is 4.74 Å². The molecule has 1 N–H and O–H groups in total. The van der Waals surface area contributed by atoms with Gasteiger partial charge < -0.3 is 10.1 Å². The van der Waals surface area contributed by atoms with Crippen molar-refractivity contribution in [3.05, 3.63) is 12.7 Å². The van der Waals surface area contributed by atoms with Crippen LogP contribution in [0.15, 0.2) is 12.7 Å². The van der Waals surface area contributed by atoms with Crippen LogP contribution in [0, 0.1) is 5.92 Å². The summed E-state index contributed by atoms with van der Waals surface area (Å²) in [5.41, 5.74) is -0.0110. The van der Waals surface area contributed by atoms with Gasteiger partial charge in [0.1, 0.15) is 0 Å². The number of nitrogens with one attached hydrogen (secondary N) is 1. The Hall–Kier alpha value is -0.340. The minimum Gasteiger partial charge on any atom is -0.373 e. The van der Waals surface area contributed by atoms with Gasteiger partial charge in [-0.3, -0.25) is 0 Å². The van der Waals surface area contributed by atoms with Gasteiger partial charge in [-0.15, -0.1) is 6.58 Å². The third-order valence-corrected chi connectivity index (χ3v) is 3.54. The highest BCUT2D eigenvalue weighted by Gasteiger charge is 2.40. The van der Waals surface area contributed by atoms with Crippen LogP contribution in [0.5, 0.6) is 0 Å². The van der Waals surface area contributed by atoms with Crippen LogP contribution < -0.4 is 5.32 Å². The molecule has 0 spiro atoms. The molecule has 0 amide bonds. The summed E-state index contributed by atoms with van der Waals surface area (Å²) in [6.07, 6.45) is 6.91. The Labute approximate surface area is 94.1 Å². The van der Waals surface area contributed by atoms with Gasteiger partial charge >= 0.3 is 0 Å². The number of ether oxygens (including phenoxy) is 1. The van der Waals surface area contributed by atoms with Crippen LogP contribution in [0.1, 0.15) is 39.5 Å². The molecule has 0 aromatic carbocycles. The topological polar surface area (TPSA) is 21.3 Å². The lowest BCUT2D eigenvalue weighted by atomic mass is 9.74. The van der Waals surface area contributed by atoms with Crippen LogP contribution in [0.2, 0.25) is 0 Å². The second kappa shape index (κ2) is 5.66. The molecular weight excluding hydrogens is 186 g/mol. The largest absolute Gasteiger partial charge is 0.373 e. The van der Waals surface area contributed by atoms with E-state index in [9.17, 15) is 0 Å². The Morgan fingerprint density at radius 3 is 2.87 bits per heavy atom. The van der Waals surface area contributed by atoms with E-state index in [1.54, 1.807) is 0 Å². The Morgan fingerprint density at radius 2 is 2.40 bits per heavy atom. The van der Waals surface area contributed by atoms with Gasteiger partial charge in [-0.25, -0.2) is 0 Å². The van der Waals surface area contributed by atoms with Crippen molar-refractivity contribution in [3.8, 4) is 0 Å². The van der Waals surface area contributed by atoms with E-state index in [0.29, 0.717) is 0 Å². The van der Waals surface area contributed by atoms with Gasteiger partial charge in [-0.1, -0.05) is 25.8 Å². The highest BCUT2D eigenvalue weighted by molar-refractivity contribution is 5.04. The highest BCUT2D eigenvalue weighted by Crippen LogP contribution is 2.37. The fourth-order valence-corrected chi connectivity index (χ4v) is 2.93. The smallest absolute Gasteiger partial charge is 0.0872 e. The van der Waals surface area contributed by atoms with E-state index in [2.05, 4.69) is 25.7 Å². The predicted molar refractivity (Wildman–Crippen MR) is 65.0 cm³/mol. The summed E-state index contributed by atoms with van der Waals surface area (Å²) < 4.78 is 6.05. The van der Waals surface area contributed by atoms with Gasteiger partial charge in [0.15, 0.2) is 0 Å². The molecule has 3 unspecified atom stereocenters. The first kappa shape index (κ1) is 12.7. The molecule has 15 heavy (non-hydrogen) atoms. The van der Waals surface area contributed by atoms with E-state index >= 15 is 0 Å². The average Bonchev–Trinajstić information content (AvgIpc) is 2.19. The monoisotopic (exact) mass is 211 g/mol. The molecule has 0 saturated heterocycles. The predicted octanol–water partition coefficient (Wildman–Crippen LogP) is 2.75. The number of hydrogen-bond donors (Lipinski definition) is 1. The lowest BCUT2D eigenvalue weighted by Crippen LogP contribution is -2.52. The fraction of sp³-hybridized carbons (Fsp3) is 0.846. The molecule has 3 atom stereocenters. The van der Waals surface area contributed by atoms with Crippen molar-refractivity contribution in [2.75, 3.05) is 13.7 Å². The van der Waals surface area contributed by atoms with Crippen LogP contribution in [-0.4, -0.2) is 25.3 Å². The summed E-state index contributed by atoms with van der Waals surface area (Å²) in [7, 11) is 1.99. The third kappa shape index (κ3) is 2.82. The Bertz CT molecular complexity index is 201. The lowest BCUT2D eigenvalue weighted by molar-refractivity contribution is -0.0891. The van der Waals surface area contributed by atoms with E-state index in [1.807, 2.05) is 13.1 Å². The van der Waals surface area contributed by atoms with E-state index in [4.69, 9.17) is 4.74 Å². The molecule has 88 valence electrons. The first-order chi connectivity index (χ1) is 7.18. The maximum Gasteiger partial charge on any atom is 0.0872 e. The molecule has 1 saturated carbocycles. The van der Waals surface area contributed by atoms with Gasteiger partial charge in [0.2, 0.25) is 0 Å². The SMILES string of the molecule is C=CC(NC)C1(OCC)CCCC(C)C1. The summed E-state index contributed by atoms with van der Waals surface area (Å²) in [6, 6.07) is 0.278. The molecule has 1 aliphatic rings. The van der Waals surface area contributed by atoms with Crippen LogP contribution in [0.3, 0.4) is 0 Å². The second-order valence-electron chi connectivity index (χ2n) is 4.70. The van der Waals surface area contributed by atoms with E-state index in [1.165, 1.54) is 12.8 Å². The minimum absolute atomic E-state index is 0.0110. The molecule has 0 aromatic heterocycles. The van der Waals surface area contributed by atoms with E-state index in [0.717, 1.165) is 25.4 Å². The van der Waals surface area contributed by atoms with Gasteiger partial charge in [0, 0.05) is 6.61 Å². The molecule has 1 aliphatic carbocycles. The van der Waals surface area contributed by atoms with Crippen LogP contribution in [-0.2, 0) is 4.74 Å². The van der Waals surface area contributed by atoms with E-state index in [-0.39, 0.29) is 11.6 Å². The zero-order valence-corrected chi connectivity index (χ0v) is 10.4. The molecule has 0 radical (unpaired) electrons. The molecule has 1 rings (SSSR count). The summed E-state index contributed by atoms with van der Waals surface area (Å²) in [5, 5.41) is 3.32. The zero-order valence-electron chi connectivity index (χ0n) is 10.4. The van der Waals surface area contributed by atoms with Crippen molar-refractivity contribution >= 4 is 0 Å². The molecule has 0 aromatic rings. The number of rotatable bonds is 5. The van der Waals surface area contributed by atoms with Crippen molar-refractivity contribution in [1.82, 2.24) is 5.32 Å². The van der Waals surface area contributed by atoms with Crippen molar-refractivity contribution in [3.63, 3.8) is 0 Å². The first-order valence-electron chi connectivity index (χ1n) is 6.12. The van der Waals surface area contributed by atoms with Gasteiger partial charge in [0.25, 0.3) is 0 Å². The molecule has 2 nitrogen and oxygen atoms in total. The van der Waals surface area contributed by atoms with Crippen LogP contribution in [0.25, 0.3) is 0 Å². The average molecular weight is 211 g/mol. The Morgan fingerprint density at radius 1 is 1.67 bits per heavy atom. The zero-order chi connectivity index (χ0) is 11.3. The molecule has 0 heterocycles. The van der Waals surface area contributed by atoms with Gasteiger partial charge in [-0.2, -0.15) is 0 Å². The molecule has 2 heteroatoms. The fourth-order valence-electron chi connectivity index (χ4n) is 2.93. The van der Waals surface area contributed by atoms with Crippen molar-refractivity contribution in [2.24, 2.45) is 5.92 Å². The first-order valence-corrected chi connectivity index (χ1v) is 6.12. The molecular formula is C13H25NO. The summed E-state index contributed by atoms with van der Waals surface area (Å²) in [6.45, 7) is 9.11. The summed E-state index contributed by atoms with van der Waals surface area (Å²) in [5.74, 6) is 0.765. The summed E-state index contributed by atoms with van der Waals surface area (Å²) >= 11 is 0. The number of likely N-dealkylation sites (N-methyl/N-ethyl adjacent to an activating group) is 1. The van der Waals surface area contributed by atoms with Crippen molar-refractivity contribution in [1.29, 1.82) is 0 Å². The maximum atomic E-state index is 6.05. The molecule has 0 bridgehead atoms. The number of hydrogen-bond acceptors (Lipinski definition) is 2. The summed E-state index contributed by atoms with van der Waals surface area (Å²) in [4.78, 5) is 0. The van der Waals surface area contributed by atoms with E-state index < -0.39 is 0 Å². The highest BCUT2D eigenvalue weighted by atomic mass is 16.5. The van der Waals surface area contributed by atoms with Crippen LogP contribution >= 0.6 is 0 Å². The Kier molecular flexibility index (Phi) is 4.81. The Balaban J connectivity index is 2.79.